The van der Waals surface area contributed by atoms with Crippen LogP contribution in [0.4, 0.5) is 5.69 Å². The highest BCUT2D eigenvalue weighted by Gasteiger charge is 2.35. The van der Waals surface area contributed by atoms with Crippen LogP contribution in [0.1, 0.15) is 34.0 Å². The Morgan fingerprint density at radius 3 is 2.52 bits per heavy atom. The molecule has 0 spiro atoms. The number of nitrogens with zero attached hydrogens (tertiary/aromatic N) is 1. The van der Waals surface area contributed by atoms with E-state index in [2.05, 4.69) is 90.7 Å². The highest BCUT2D eigenvalue weighted by Crippen LogP contribution is 2.46. The van der Waals surface area contributed by atoms with E-state index in [0.29, 0.717) is 6.61 Å². The van der Waals surface area contributed by atoms with Crippen molar-refractivity contribution in [2.45, 2.75) is 19.8 Å². The van der Waals surface area contributed by atoms with Gasteiger partial charge in [-0.3, -0.25) is 0 Å². The molecule has 1 unspecified atom stereocenters. The van der Waals surface area contributed by atoms with Crippen LogP contribution in [0, 0.1) is 6.92 Å². The van der Waals surface area contributed by atoms with Gasteiger partial charge in [-0.1, -0.05) is 72.3 Å². The van der Waals surface area contributed by atoms with Gasteiger partial charge in [0.2, 0.25) is 0 Å². The van der Waals surface area contributed by atoms with Crippen LogP contribution in [0.3, 0.4) is 0 Å². The Balaban J connectivity index is 1.75. The number of para-hydroxylation sites is 1. The van der Waals surface area contributed by atoms with E-state index in [9.17, 15) is 0 Å². The van der Waals surface area contributed by atoms with Crippen molar-refractivity contribution in [3.63, 3.8) is 0 Å². The standard InChI is InChI=1S/C23H19NO/c1-16-10-12-17(13-11-16)22-14-18-6-2-4-8-20(18)23-24(22)21-9-5-3-7-19(21)15-25-23/h2-14,23H,15H2,1H3. The molecule has 3 aromatic rings. The Morgan fingerprint density at radius 1 is 0.880 bits per heavy atom. The molecule has 1 atom stereocenters. The maximum Gasteiger partial charge on any atom is 0.161 e. The Bertz CT molecular complexity index is 971. The predicted octanol–water partition coefficient (Wildman–Crippen LogP) is 5.54. The van der Waals surface area contributed by atoms with Gasteiger partial charge in [0.1, 0.15) is 0 Å². The molecular weight excluding hydrogens is 306 g/mol. The third-order valence-electron chi connectivity index (χ3n) is 5.04. The van der Waals surface area contributed by atoms with E-state index in [-0.39, 0.29) is 6.23 Å². The van der Waals surface area contributed by atoms with Crippen molar-refractivity contribution < 1.29 is 4.74 Å². The van der Waals surface area contributed by atoms with Crippen LogP contribution in [0.15, 0.2) is 72.8 Å². The lowest BCUT2D eigenvalue weighted by Crippen LogP contribution is -2.35. The van der Waals surface area contributed by atoms with Gasteiger partial charge in [-0.25, -0.2) is 0 Å². The molecule has 2 aliphatic rings. The largest absolute Gasteiger partial charge is 0.349 e. The lowest BCUT2D eigenvalue weighted by molar-refractivity contribution is 0.0344. The molecule has 0 fully saturated rings. The molecule has 5 rings (SSSR count). The summed E-state index contributed by atoms with van der Waals surface area (Å²) in [6.07, 6.45) is 2.20. The molecule has 0 saturated carbocycles. The third kappa shape index (κ3) is 2.30. The summed E-state index contributed by atoms with van der Waals surface area (Å²) < 4.78 is 6.30. The van der Waals surface area contributed by atoms with Crippen molar-refractivity contribution in [2.75, 3.05) is 4.90 Å². The van der Waals surface area contributed by atoms with Crippen LogP contribution in [0.2, 0.25) is 0 Å². The van der Waals surface area contributed by atoms with Gasteiger partial charge >= 0.3 is 0 Å². The minimum atomic E-state index is -0.0765. The SMILES string of the molecule is Cc1ccc(C2=Cc3ccccc3C3OCc4ccccc4N23)cc1. The van der Waals surface area contributed by atoms with Crippen molar-refractivity contribution in [1.29, 1.82) is 0 Å². The van der Waals surface area contributed by atoms with Gasteiger partial charge in [-0.15, -0.1) is 0 Å². The quantitative estimate of drug-likeness (QED) is 0.582. The summed E-state index contributed by atoms with van der Waals surface area (Å²) in [5.74, 6) is 0. The lowest BCUT2D eigenvalue weighted by atomic mass is 9.94. The number of hydrogen-bond acceptors (Lipinski definition) is 2. The highest BCUT2D eigenvalue weighted by molar-refractivity contribution is 5.94. The summed E-state index contributed by atoms with van der Waals surface area (Å²) >= 11 is 0. The van der Waals surface area contributed by atoms with Gasteiger partial charge in [0.05, 0.1) is 12.3 Å². The number of ether oxygens (including phenoxy) is 1. The number of benzene rings is 3. The molecule has 0 N–H and O–H groups in total. The summed E-state index contributed by atoms with van der Waals surface area (Å²) in [4.78, 5) is 2.34. The number of fused-ring (bicyclic) bond motifs is 5. The van der Waals surface area contributed by atoms with Crippen molar-refractivity contribution in [3.8, 4) is 0 Å². The maximum absolute atomic E-state index is 6.30. The summed E-state index contributed by atoms with van der Waals surface area (Å²) in [6.45, 7) is 2.77. The van der Waals surface area contributed by atoms with E-state index in [1.165, 1.54) is 39.2 Å². The fourth-order valence-electron chi connectivity index (χ4n) is 3.75. The molecule has 2 nitrogen and oxygen atoms in total. The first-order valence-corrected chi connectivity index (χ1v) is 8.68. The van der Waals surface area contributed by atoms with Crippen molar-refractivity contribution in [1.82, 2.24) is 0 Å². The maximum atomic E-state index is 6.30. The van der Waals surface area contributed by atoms with Crippen LogP contribution < -0.4 is 4.90 Å². The van der Waals surface area contributed by atoms with Crippen LogP contribution in [-0.4, -0.2) is 0 Å². The summed E-state index contributed by atoms with van der Waals surface area (Å²) in [5, 5.41) is 0. The van der Waals surface area contributed by atoms with Gasteiger partial charge < -0.3 is 9.64 Å². The van der Waals surface area contributed by atoms with E-state index in [1.807, 2.05) is 0 Å². The van der Waals surface area contributed by atoms with Crippen LogP contribution in [0.5, 0.6) is 0 Å². The normalized spacial score (nSPS) is 18.0. The topological polar surface area (TPSA) is 12.5 Å². The number of rotatable bonds is 1. The van der Waals surface area contributed by atoms with E-state index >= 15 is 0 Å². The average molecular weight is 325 g/mol. The molecule has 25 heavy (non-hydrogen) atoms. The van der Waals surface area contributed by atoms with Crippen LogP contribution >= 0.6 is 0 Å². The zero-order valence-electron chi connectivity index (χ0n) is 14.1. The third-order valence-corrected chi connectivity index (χ3v) is 5.04. The molecule has 3 aromatic carbocycles. The van der Waals surface area contributed by atoms with Crippen LogP contribution in [-0.2, 0) is 11.3 Å². The minimum absolute atomic E-state index is 0.0765. The molecular formula is C23H19NO. The van der Waals surface area contributed by atoms with E-state index in [1.54, 1.807) is 0 Å². The van der Waals surface area contributed by atoms with Crippen molar-refractivity contribution in [2.24, 2.45) is 0 Å². The van der Waals surface area contributed by atoms with Gasteiger partial charge in [-0.05, 0) is 30.2 Å². The molecule has 0 saturated heterocycles. The first-order valence-electron chi connectivity index (χ1n) is 8.68. The molecule has 2 heteroatoms. The van der Waals surface area contributed by atoms with Gasteiger partial charge in [0, 0.05) is 16.8 Å². The molecule has 122 valence electrons. The Hall–Kier alpha value is -2.84. The van der Waals surface area contributed by atoms with E-state index < -0.39 is 0 Å². The molecule has 2 heterocycles. The van der Waals surface area contributed by atoms with Gasteiger partial charge in [0.25, 0.3) is 0 Å². The second-order valence-electron chi connectivity index (χ2n) is 6.69. The molecule has 0 amide bonds. The van der Waals surface area contributed by atoms with Crippen molar-refractivity contribution >= 4 is 17.5 Å². The van der Waals surface area contributed by atoms with Crippen molar-refractivity contribution in [3.05, 3.63) is 101 Å². The molecule has 2 aliphatic heterocycles. The van der Waals surface area contributed by atoms with Crippen LogP contribution in [0.25, 0.3) is 11.8 Å². The first-order chi connectivity index (χ1) is 12.3. The first kappa shape index (κ1) is 14.5. The zero-order chi connectivity index (χ0) is 16.8. The molecule has 0 radical (unpaired) electrons. The second-order valence-corrected chi connectivity index (χ2v) is 6.69. The van der Waals surface area contributed by atoms with E-state index in [0.717, 1.165) is 0 Å². The Morgan fingerprint density at radius 2 is 1.64 bits per heavy atom. The fraction of sp³-hybridized carbons (Fsp3) is 0.130. The molecule has 0 aromatic heterocycles. The second kappa shape index (κ2) is 5.61. The number of anilines is 1. The summed E-state index contributed by atoms with van der Waals surface area (Å²) in [6, 6.07) is 25.8. The summed E-state index contributed by atoms with van der Waals surface area (Å²) in [7, 11) is 0. The minimum Gasteiger partial charge on any atom is -0.349 e. The Labute approximate surface area is 148 Å². The fourth-order valence-corrected chi connectivity index (χ4v) is 3.75. The monoisotopic (exact) mass is 325 g/mol. The number of aryl methyl sites for hydroxylation is 1. The summed E-state index contributed by atoms with van der Waals surface area (Å²) in [5.41, 5.74) is 8.61. The average Bonchev–Trinajstić information content (AvgIpc) is 2.67. The van der Waals surface area contributed by atoms with Gasteiger partial charge in [-0.2, -0.15) is 0 Å². The molecule has 0 aliphatic carbocycles. The smallest absolute Gasteiger partial charge is 0.161 e. The predicted molar refractivity (Wildman–Crippen MR) is 102 cm³/mol. The van der Waals surface area contributed by atoms with E-state index in [4.69, 9.17) is 4.74 Å². The highest BCUT2D eigenvalue weighted by atomic mass is 16.5. The molecule has 0 bridgehead atoms. The lowest BCUT2D eigenvalue weighted by Gasteiger charge is -2.43. The van der Waals surface area contributed by atoms with Gasteiger partial charge in [0.15, 0.2) is 6.23 Å². The Kier molecular flexibility index (Phi) is 3.25. The number of hydrogen-bond donors (Lipinski definition) is 0. The zero-order valence-corrected chi connectivity index (χ0v) is 14.1.